The molecule has 1 aliphatic rings. The van der Waals surface area contributed by atoms with Crippen LogP contribution in [0.4, 0.5) is 5.69 Å². The van der Waals surface area contributed by atoms with E-state index in [9.17, 15) is 8.42 Å². The molecule has 0 aromatic heterocycles. The molecular formula is C15H24N2O2S. The van der Waals surface area contributed by atoms with E-state index >= 15 is 0 Å². The standard InChI is InChI=1S/C15H24N2O2S/c1-2-6-15-9-3-4-10-17(15)20(18,19)12-13-7-5-8-14(16)11-13/h5,7-8,11,15H,2-4,6,9-10,12,16H2,1H3. The van der Waals surface area contributed by atoms with Crippen LogP contribution < -0.4 is 5.73 Å². The summed E-state index contributed by atoms with van der Waals surface area (Å²) in [5, 5.41) is 0. The van der Waals surface area contributed by atoms with Gasteiger partial charge in [0.25, 0.3) is 0 Å². The molecule has 1 saturated heterocycles. The SMILES string of the molecule is CCCC1CCCCN1S(=O)(=O)Cc1cccc(N)c1. The lowest BCUT2D eigenvalue weighted by Crippen LogP contribution is -2.44. The van der Waals surface area contributed by atoms with Gasteiger partial charge in [-0.2, -0.15) is 4.31 Å². The van der Waals surface area contributed by atoms with Crippen LogP contribution in [0.5, 0.6) is 0 Å². The van der Waals surface area contributed by atoms with Crippen LogP contribution in [0.3, 0.4) is 0 Å². The first-order valence-electron chi connectivity index (χ1n) is 7.37. The van der Waals surface area contributed by atoms with Crippen LogP contribution in [-0.4, -0.2) is 25.3 Å². The van der Waals surface area contributed by atoms with Crippen LogP contribution in [-0.2, 0) is 15.8 Å². The van der Waals surface area contributed by atoms with Crippen LogP contribution in [0.15, 0.2) is 24.3 Å². The summed E-state index contributed by atoms with van der Waals surface area (Å²) in [5.74, 6) is 0.0538. The number of nitrogens with zero attached hydrogens (tertiary/aromatic N) is 1. The maximum Gasteiger partial charge on any atom is 0.218 e. The average molecular weight is 296 g/mol. The number of piperidine rings is 1. The molecule has 1 fully saturated rings. The number of sulfonamides is 1. The molecule has 1 unspecified atom stereocenters. The van der Waals surface area contributed by atoms with Gasteiger partial charge in [-0.05, 0) is 37.0 Å². The van der Waals surface area contributed by atoms with E-state index in [1.54, 1.807) is 22.5 Å². The Hall–Kier alpha value is -1.07. The second-order valence-electron chi connectivity index (χ2n) is 5.55. The molecule has 4 nitrogen and oxygen atoms in total. The highest BCUT2D eigenvalue weighted by Crippen LogP contribution is 2.26. The zero-order valence-electron chi connectivity index (χ0n) is 12.1. The Morgan fingerprint density at radius 3 is 2.85 bits per heavy atom. The van der Waals surface area contributed by atoms with Crippen molar-refractivity contribution in [2.75, 3.05) is 12.3 Å². The molecule has 1 aliphatic heterocycles. The number of rotatable bonds is 5. The Balaban J connectivity index is 2.15. The van der Waals surface area contributed by atoms with Crippen molar-refractivity contribution in [1.82, 2.24) is 4.31 Å². The van der Waals surface area contributed by atoms with Crippen LogP contribution in [0.1, 0.15) is 44.6 Å². The molecule has 1 aromatic carbocycles. The van der Waals surface area contributed by atoms with Crippen molar-refractivity contribution in [3.8, 4) is 0 Å². The van der Waals surface area contributed by atoms with E-state index in [0.29, 0.717) is 12.2 Å². The smallest absolute Gasteiger partial charge is 0.218 e. The third kappa shape index (κ3) is 3.73. The molecule has 0 bridgehead atoms. The fraction of sp³-hybridized carbons (Fsp3) is 0.600. The van der Waals surface area contributed by atoms with E-state index in [0.717, 1.165) is 37.7 Å². The van der Waals surface area contributed by atoms with Crippen LogP contribution in [0.2, 0.25) is 0 Å². The first kappa shape index (κ1) is 15.3. The first-order chi connectivity index (χ1) is 9.53. The Morgan fingerprint density at radius 2 is 2.15 bits per heavy atom. The average Bonchev–Trinajstić information content (AvgIpc) is 2.39. The van der Waals surface area contributed by atoms with Gasteiger partial charge in [0, 0.05) is 18.3 Å². The van der Waals surface area contributed by atoms with Crippen molar-refractivity contribution in [1.29, 1.82) is 0 Å². The number of hydrogen-bond donors (Lipinski definition) is 1. The Labute approximate surface area is 122 Å². The fourth-order valence-corrected chi connectivity index (χ4v) is 4.78. The molecular weight excluding hydrogens is 272 g/mol. The lowest BCUT2D eigenvalue weighted by Gasteiger charge is -2.34. The van der Waals surface area contributed by atoms with Gasteiger partial charge in [0.1, 0.15) is 0 Å². The molecule has 112 valence electrons. The molecule has 1 aromatic rings. The molecule has 2 rings (SSSR count). The van der Waals surface area contributed by atoms with Gasteiger partial charge in [-0.25, -0.2) is 8.42 Å². The molecule has 1 atom stereocenters. The summed E-state index contributed by atoms with van der Waals surface area (Å²) < 4.78 is 27.0. The van der Waals surface area contributed by atoms with Gasteiger partial charge in [0.15, 0.2) is 0 Å². The highest BCUT2D eigenvalue weighted by molar-refractivity contribution is 7.88. The van der Waals surface area contributed by atoms with Crippen LogP contribution >= 0.6 is 0 Å². The summed E-state index contributed by atoms with van der Waals surface area (Å²) in [6.45, 7) is 2.77. The molecule has 0 radical (unpaired) electrons. The minimum Gasteiger partial charge on any atom is -0.399 e. The lowest BCUT2D eigenvalue weighted by atomic mass is 10.0. The van der Waals surface area contributed by atoms with Gasteiger partial charge in [0.2, 0.25) is 10.0 Å². The third-order valence-electron chi connectivity index (χ3n) is 3.85. The minimum atomic E-state index is -3.25. The van der Waals surface area contributed by atoms with Crippen LogP contribution in [0.25, 0.3) is 0 Å². The normalized spacial score (nSPS) is 20.9. The van der Waals surface area contributed by atoms with Crippen molar-refractivity contribution in [2.24, 2.45) is 0 Å². The zero-order valence-corrected chi connectivity index (χ0v) is 12.9. The minimum absolute atomic E-state index is 0.0538. The van der Waals surface area contributed by atoms with E-state index in [1.165, 1.54) is 0 Å². The van der Waals surface area contributed by atoms with Gasteiger partial charge in [-0.1, -0.05) is 31.9 Å². The summed E-state index contributed by atoms with van der Waals surface area (Å²) in [4.78, 5) is 0. The summed E-state index contributed by atoms with van der Waals surface area (Å²) in [6.07, 6.45) is 5.07. The number of hydrogen-bond acceptors (Lipinski definition) is 3. The maximum atomic E-state index is 12.6. The van der Waals surface area contributed by atoms with Crippen molar-refractivity contribution in [2.45, 2.75) is 50.8 Å². The molecule has 0 spiro atoms. The summed E-state index contributed by atoms with van der Waals surface area (Å²) >= 11 is 0. The molecule has 5 heteroatoms. The maximum absolute atomic E-state index is 12.6. The van der Waals surface area contributed by atoms with Gasteiger partial charge in [-0.3, -0.25) is 0 Å². The Bertz CT molecular complexity index is 541. The Kier molecular flexibility index (Phi) is 5.05. The van der Waals surface area contributed by atoms with Gasteiger partial charge in [0.05, 0.1) is 5.75 Å². The van der Waals surface area contributed by atoms with E-state index in [-0.39, 0.29) is 11.8 Å². The highest BCUT2D eigenvalue weighted by atomic mass is 32.2. The number of benzene rings is 1. The third-order valence-corrected chi connectivity index (χ3v) is 5.75. The molecule has 2 N–H and O–H groups in total. The van der Waals surface area contributed by atoms with Crippen molar-refractivity contribution < 1.29 is 8.42 Å². The molecule has 0 saturated carbocycles. The molecule has 20 heavy (non-hydrogen) atoms. The number of anilines is 1. The monoisotopic (exact) mass is 296 g/mol. The fourth-order valence-electron chi connectivity index (χ4n) is 2.94. The predicted octanol–water partition coefficient (Wildman–Crippen LogP) is 2.75. The molecule has 0 amide bonds. The predicted molar refractivity (Wildman–Crippen MR) is 82.7 cm³/mol. The quantitative estimate of drug-likeness (QED) is 0.850. The van der Waals surface area contributed by atoms with E-state index in [4.69, 9.17) is 5.73 Å². The highest BCUT2D eigenvalue weighted by Gasteiger charge is 2.31. The number of nitrogen functional groups attached to an aromatic ring is 1. The van der Waals surface area contributed by atoms with Gasteiger partial charge >= 0.3 is 0 Å². The zero-order chi connectivity index (χ0) is 14.6. The van der Waals surface area contributed by atoms with Crippen LogP contribution in [0, 0.1) is 0 Å². The molecule has 0 aliphatic carbocycles. The largest absolute Gasteiger partial charge is 0.399 e. The summed E-state index contributed by atoms with van der Waals surface area (Å²) in [6, 6.07) is 7.33. The summed E-state index contributed by atoms with van der Waals surface area (Å²) in [5.41, 5.74) is 7.10. The van der Waals surface area contributed by atoms with Gasteiger partial charge < -0.3 is 5.73 Å². The van der Waals surface area contributed by atoms with Crippen molar-refractivity contribution in [3.63, 3.8) is 0 Å². The number of nitrogens with two attached hydrogens (primary N) is 1. The second kappa shape index (κ2) is 6.59. The van der Waals surface area contributed by atoms with E-state index in [1.807, 2.05) is 6.07 Å². The van der Waals surface area contributed by atoms with E-state index < -0.39 is 10.0 Å². The van der Waals surface area contributed by atoms with E-state index in [2.05, 4.69) is 6.92 Å². The second-order valence-corrected chi connectivity index (χ2v) is 7.47. The first-order valence-corrected chi connectivity index (χ1v) is 8.98. The Morgan fingerprint density at radius 1 is 1.35 bits per heavy atom. The summed E-state index contributed by atoms with van der Waals surface area (Å²) in [7, 11) is -3.25. The molecule has 1 heterocycles. The van der Waals surface area contributed by atoms with Gasteiger partial charge in [-0.15, -0.1) is 0 Å². The van der Waals surface area contributed by atoms with Crippen molar-refractivity contribution >= 4 is 15.7 Å². The topological polar surface area (TPSA) is 63.4 Å². The lowest BCUT2D eigenvalue weighted by molar-refractivity contribution is 0.239. The van der Waals surface area contributed by atoms with Crippen molar-refractivity contribution in [3.05, 3.63) is 29.8 Å².